The Morgan fingerprint density at radius 2 is 2.35 bits per heavy atom. The Bertz CT molecular complexity index is 640. The number of halogens is 1. The van der Waals surface area contributed by atoms with Gasteiger partial charge in [0.25, 0.3) is 0 Å². The number of rotatable bonds is 4. The lowest BCUT2D eigenvalue weighted by Crippen LogP contribution is -2.27. The summed E-state index contributed by atoms with van der Waals surface area (Å²) in [5.41, 5.74) is -0.152. The second-order valence-corrected chi connectivity index (χ2v) is 5.66. The van der Waals surface area contributed by atoms with Crippen LogP contribution in [0.25, 0.3) is 0 Å². The molecule has 1 atom stereocenters. The maximum absolute atomic E-state index is 12.9. The molecule has 0 spiro atoms. The lowest BCUT2D eigenvalue weighted by Gasteiger charge is -2.09. The van der Waals surface area contributed by atoms with E-state index in [0.29, 0.717) is 0 Å². The average molecular weight is 306 g/mol. The molecule has 110 valence electrons. The van der Waals surface area contributed by atoms with Gasteiger partial charge in [-0.15, -0.1) is 3.89 Å². The molecule has 1 aromatic heterocycles. The summed E-state index contributed by atoms with van der Waals surface area (Å²) in [6.45, 7) is 1.35. The highest BCUT2D eigenvalue weighted by molar-refractivity contribution is 7.87. The van der Waals surface area contributed by atoms with Crippen molar-refractivity contribution >= 4 is 28.1 Å². The third-order valence-corrected chi connectivity index (χ3v) is 3.81. The molecule has 8 nitrogen and oxygen atoms in total. The number of anilines is 1. The van der Waals surface area contributed by atoms with Gasteiger partial charge in [-0.25, -0.2) is 4.79 Å². The molecule has 0 aromatic carbocycles. The molecule has 1 saturated heterocycles. The lowest BCUT2D eigenvalue weighted by molar-refractivity contribution is -0.117. The van der Waals surface area contributed by atoms with Crippen LogP contribution in [0, 0.1) is 0 Å². The maximum atomic E-state index is 12.9. The van der Waals surface area contributed by atoms with Gasteiger partial charge in [0.05, 0.1) is 13.2 Å². The van der Waals surface area contributed by atoms with Gasteiger partial charge in [-0.2, -0.15) is 13.4 Å². The summed E-state index contributed by atoms with van der Waals surface area (Å²) in [7, 11) is -4.82. The van der Waals surface area contributed by atoms with E-state index in [1.54, 1.807) is 6.92 Å². The maximum Gasteiger partial charge on any atom is 0.360 e. The highest BCUT2D eigenvalue weighted by Crippen LogP contribution is 2.25. The summed E-state index contributed by atoms with van der Waals surface area (Å²) in [4.78, 5) is 27.6. The van der Waals surface area contributed by atoms with Gasteiger partial charge in [-0.1, -0.05) is 0 Å². The SMILES string of the molecule is CCOC(=O)c1coc(N2CC(S(=O)(=O)F)CC2=O)n1. The molecule has 2 rings (SSSR count). The number of hydrogen-bond donors (Lipinski definition) is 0. The van der Waals surface area contributed by atoms with Crippen LogP contribution in [-0.2, 0) is 19.8 Å². The first kappa shape index (κ1) is 14.4. The van der Waals surface area contributed by atoms with Crippen LogP contribution in [-0.4, -0.2) is 43.7 Å². The van der Waals surface area contributed by atoms with E-state index in [1.165, 1.54) is 0 Å². The summed E-state index contributed by atoms with van der Waals surface area (Å²) >= 11 is 0. The molecule has 1 aromatic rings. The topological polar surface area (TPSA) is 107 Å². The number of carbonyl (C=O) groups excluding carboxylic acids is 2. The average Bonchev–Trinajstić information content (AvgIpc) is 2.94. The third kappa shape index (κ3) is 2.79. The first-order valence-electron chi connectivity index (χ1n) is 5.69. The molecular weight excluding hydrogens is 295 g/mol. The predicted octanol–water partition coefficient (Wildman–Crippen LogP) is 0.256. The molecule has 0 radical (unpaired) electrons. The highest BCUT2D eigenvalue weighted by Gasteiger charge is 2.41. The number of nitrogens with zero attached hydrogens (tertiary/aromatic N) is 2. The first-order chi connectivity index (χ1) is 9.32. The zero-order valence-electron chi connectivity index (χ0n) is 10.4. The Balaban J connectivity index is 2.17. The molecule has 0 N–H and O–H groups in total. The van der Waals surface area contributed by atoms with Crippen LogP contribution < -0.4 is 4.90 Å². The summed E-state index contributed by atoms with van der Waals surface area (Å²) in [6.07, 6.45) is 0.494. The monoisotopic (exact) mass is 306 g/mol. The van der Waals surface area contributed by atoms with E-state index in [4.69, 9.17) is 4.42 Å². The summed E-state index contributed by atoms with van der Waals surface area (Å²) in [5, 5.41) is -1.45. The van der Waals surface area contributed by atoms with Crippen LogP contribution in [0.5, 0.6) is 0 Å². The van der Waals surface area contributed by atoms with Gasteiger partial charge in [-0.3, -0.25) is 9.69 Å². The van der Waals surface area contributed by atoms with Gasteiger partial charge in [0.2, 0.25) is 5.91 Å². The quantitative estimate of drug-likeness (QED) is 0.580. The molecule has 1 unspecified atom stereocenters. The molecule has 1 aliphatic heterocycles. The van der Waals surface area contributed by atoms with Crippen LogP contribution >= 0.6 is 0 Å². The van der Waals surface area contributed by atoms with E-state index in [-0.39, 0.29) is 18.3 Å². The molecular formula is C10H11FN2O6S. The number of esters is 1. The second-order valence-electron chi connectivity index (χ2n) is 4.04. The molecule has 0 bridgehead atoms. The molecule has 20 heavy (non-hydrogen) atoms. The van der Waals surface area contributed by atoms with Crippen LogP contribution in [0.1, 0.15) is 23.8 Å². The van der Waals surface area contributed by atoms with E-state index in [0.717, 1.165) is 11.2 Å². The summed E-state index contributed by atoms with van der Waals surface area (Å²) < 4.78 is 44.0. The highest BCUT2D eigenvalue weighted by atomic mass is 32.3. The number of oxazole rings is 1. The molecule has 1 amide bonds. The van der Waals surface area contributed by atoms with E-state index < -0.39 is 40.3 Å². The Morgan fingerprint density at radius 3 is 2.90 bits per heavy atom. The van der Waals surface area contributed by atoms with Gasteiger partial charge >= 0.3 is 22.2 Å². The number of ether oxygens (including phenoxy) is 1. The van der Waals surface area contributed by atoms with Crippen molar-refractivity contribution in [3.8, 4) is 0 Å². The fraction of sp³-hybridized carbons (Fsp3) is 0.500. The first-order valence-corrected chi connectivity index (χ1v) is 7.14. The minimum atomic E-state index is -4.82. The molecule has 0 aliphatic carbocycles. The van der Waals surface area contributed by atoms with Gasteiger partial charge in [0.1, 0.15) is 11.5 Å². The van der Waals surface area contributed by atoms with E-state index in [9.17, 15) is 21.9 Å². The van der Waals surface area contributed by atoms with Crippen molar-refractivity contribution in [1.29, 1.82) is 0 Å². The van der Waals surface area contributed by atoms with Crippen LogP contribution in [0.4, 0.5) is 9.90 Å². The molecule has 1 fully saturated rings. The van der Waals surface area contributed by atoms with Crippen LogP contribution in [0.2, 0.25) is 0 Å². The van der Waals surface area contributed by atoms with Crippen molar-refractivity contribution in [3.63, 3.8) is 0 Å². The zero-order valence-corrected chi connectivity index (χ0v) is 11.2. The fourth-order valence-corrected chi connectivity index (χ4v) is 2.40. The normalized spacial score (nSPS) is 19.4. The van der Waals surface area contributed by atoms with Gasteiger partial charge in [0.15, 0.2) is 5.69 Å². The molecule has 1 aliphatic rings. The Kier molecular flexibility index (Phi) is 3.75. The third-order valence-electron chi connectivity index (χ3n) is 2.70. The second kappa shape index (κ2) is 5.19. The summed E-state index contributed by atoms with van der Waals surface area (Å²) in [6, 6.07) is -0.260. The zero-order chi connectivity index (χ0) is 14.9. The Labute approximate surface area is 113 Å². The van der Waals surface area contributed by atoms with Gasteiger partial charge in [-0.05, 0) is 6.92 Å². The number of carbonyl (C=O) groups is 2. The van der Waals surface area contributed by atoms with Crippen molar-refractivity contribution in [1.82, 2.24) is 4.98 Å². The Hall–Kier alpha value is -1.97. The Morgan fingerprint density at radius 1 is 1.65 bits per heavy atom. The van der Waals surface area contributed by atoms with Crippen LogP contribution in [0.15, 0.2) is 10.7 Å². The lowest BCUT2D eigenvalue weighted by atomic mass is 10.4. The van der Waals surface area contributed by atoms with Crippen molar-refractivity contribution in [2.24, 2.45) is 0 Å². The van der Waals surface area contributed by atoms with E-state index in [1.807, 2.05) is 0 Å². The van der Waals surface area contributed by atoms with Gasteiger partial charge < -0.3 is 9.15 Å². The van der Waals surface area contributed by atoms with Crippen LogP contribution in [0.3, 0.4) is 0 Å². The van der Waals surface area contributed by atoms with E-state index in [2.05, 4.69) is 9.72 Å². The predicted molar refractivity (Wildman–Crippen MR) is 63.2 cm³/mol. The molecule has 10 heteroatoms. The van der Waals surface area contributed by atoms with Crippen molar-refractivity contribution in [2.75, 3.05) is 18.1 Å². The largest absolute Gasteiger partial charge is 0.461 e. The minimum Gasteiger partial charge on any atom is -0.461 e. The molecule has 2 heterocycles. The van der Waals surface area contributed by atoms with Crippen molar-refractivity contribution in [3.05, 3.63) is 12.0 Å². The number of amides is 1. The summed E-state index contributed by atoms with van der Waals surface area (Å²) in [5.74, 6) is -1.38. The van der Waals surface area contributed by atoms with Crippen molar-refractivity contribution in [2.45, 2.75) is 18.6 Å². The number of aromatic nitrogens is 1. The minimum absolute atomic E-state index is 0.145. The smallest absolute Gasteiger partial charge is 0.360 e. The number of hydrogen-bond acceptors (Lipinski definition) is 7. The molecule has 0 saturated carbocycles. The fourth-order valence-electron chi connectivity index (χ4n) is 1.74. The standard InChI is InChI=1S/C10H11FN2O6S/c1-2-18-9(15)7-5-19-10(12-7)13-4-6(3-8(13)14)20(11,16)17/h5-6H,2-4H2,1H3. The van der Waals surface area contributed by atoms with Gasteiger partial charge in [0, 0.05) is 6.42 Å². The van der Waals surface area contributed by atoms with E-state index >= 15 is 0 Å². The van der Waals surface area contributed by atoms with Crippen molar-refractivity contribution < 1.29 is 31.0 Å².